The largest absolute Gasteiger partial charge is 0.435 e. The minimum absolute atomic E-state index is 0.0697. The molecule has 2 aromatic rings. The standard InChI is InChI=1S/C21H17Cl2F3N2O2S.CH4O/c1-11-4-12(2-3-17(11)19(29)27-16-9-31-10-16)18-8-20(30-28-18,21(24,25)26)13-5-14(22)7-15(23)6-13;1-2/h2-7,16H,8-10H2,1H3,(H,27,29);2H,1H3/p+1. The first-order chi connectivity index (χ1) is 15.6. The third-order valence-corrected chi connectivity index (χ3v) is 7.19. The average Bonchev–Trinajstić information content (AvgIpc) is 3.18. The molecule has 0 bridgehead atoms. The average molecular weight is 522 g/mol. The van der Waals surface area contributed by atoms with Gasteiger partial charge in [0.2, 0.25) is 0 Å². The number of thiol groups is 1. The van der Waals surface area contributed by atoms with Crippen LogP contribution >= 0.6 is 23.2 Å². The predicted molar refractivity (Wildman–Crippen MR) is 126 cm³/mol. The number of benzene rings is 2. The molecule has 178 valence electrons. The fourth-order valence-electron chi connectivity index (χ4n) is 3.56. The Morgan fingerprint density at radius 2 is 1.82 bits per heavy atom. The van der Waals surface area contributed by atoms with Gasteiger partial charge in [-0.15, -0.1) is 0 Å². The summed E-state index contributed by atoms with van der Waals surface area (Å²) >= 11 is 13.2. The highest BCUT2D eigenvalue weighted by Crippen LogP contribution is 2.49. The normalized spacial score (nSPS) is 20.2. The summed E-state index contributed by atoms with van der Waals surface area (Å²) in [5, 5.41) is 13.8. The van der Waals surface area contributed by atoms with Crippen molar-refractivity contribution in [3.05, 3.63) is 68.7 Å². The van der Waals surface area contributed by atoms with Gasteiger partial charge in [0.05, 0.1) is 5.71 Å². The number of hydrogen-bond donors (Lipinski definition) is 2. The van der Waals surface area contributed by atoms with Crippen molar-refractivity contribution in [3.8, 4) is 0 Å². The number of alkyl halides is 3. The summed E-state index contributed by atoms with van der Waals surface area (Å²) in [7, 11) is 1.00. The van der Waals surface area contributed by atoms with E-state index in [2.05, 4.69) is 10.5 Å². The second-order valence-electron chi connectivity index (χ2n) is 7.58. The van der Waals surface area contributed by atoms with Crippen LogP contribution in [0.4, 0.5) is 13.2 Å². The Kier molecular flexibility index (Phi) is 7.88. The number of aliphatic hydroxyl groups excluding tert-OH is 1. The Bertz CT molecular complexity index is 1060. The third-order valence-electron chi connectivity index (χ3n) is 5.35. The van der Waals surface area contributed by atoms with Crippen molar-refractivity contribution in [2.45, 2.75) is 31.2 Å². The second kappa shape index (κ2) is 10.1. The molecule has 1 fully saturated rings. The van der Waals surface area contributed by atoms with E-state index < -0.39 is 18.2 Å². The monoisotopic (exact) mass is 521 g/mol. The molecule has 11 heteroatoms. The first-order valence-electron chi connectivity index (χ1n) is 9.87. The van der Waals surface area contributed by atoms with Gasteiger partial charge in [0.1, 0.15) is 17.5 Å². The van der Waals surface area contributed by atoms with Crippen molar-refractivity contribution in [2.75, 3.05) is 18.6 Å². The van der Waals surface area contributed by atoms with Crippen LogP contribution in [0.25, 0.3) is 0 Å². The Morgan fingerprint density at radius 3 is 2.33 bits per heavy atom. The molecule has 1 amide bonds. The quantitative estimate of drug-likeness (QED) is 0.462. The van der Waals surface area contributed by atoms with E-state index in [9.17, 15) is 18.0 Å². The van der Waals surface area contributed by atoms with Crippen LogP contribution in [0.3, 0.4) is 0 Å². The number of aliphatic hydroxyl groups is 1. The van der Waals surface area contributed by atoms with E-state index in [-0.39, 0.29) is 33.3 Å². The van der Waals surface area contributed by atoms with Crippen LogP contribution in [-0.2, 0) is 22.2 Å². The minimum atomic E-state index is -4.76. The Balaban J connectivity index is 0.00000149. The fourth-order valence-corrected chi connectivity index (χ4v) is 4.78. The summed E-state index contributed by atoms with van der Waals surface area (Å²) in [6.07, 6.45) is -5.30. The topological polar surface area (TPSA) is 70.9 Å². The summed E-state index contributed by atoms with van der Waals surface area (Å²) in [5.74, 6) is 1.68. The molecular weight excluding hydrogens is 500 g/mol. The maximum Gasteiger partial charge on any atom is 0.435 e. The number of nitrogens with zero attached hydrogens (tertiary/aromatic N) is 1. The maximum atomic E-state index is 14.1. The second-order valence-corrected chi connectivity index (χ2v) is 9.63. The van der Waals surface area contributed by atoms with E-state index >= 15 is 0 Å². The first-order valence-corrected chi connectivity index (χ1v) is 11.9. The lowest BCUT2D eigenvalue weighted by atomic mass is 9.86. The number of carbonyl (C=O) groups excluding carboxylic acids is 1. The highest BCUT2D eigenvalue weighted by atomic mass is 35.5. The minimum Gasteiger partial charge on any atom is -0.400 e. The molecule has 5 nitrogen and oxygen atoms in total. The SMILES string of the molecule is CO.Cc1cc(C2=NOC(c3cc(Cl)cc(Cl)c3)(C(F)(F)F)C2)ccc1C(=O)NC1C[SH+]C1. The summed E-state index contributed by atoms with van der Waals surface area (Å²) in [5.41, 5.74) is -1.20. The van der Waals surface area contributed by atoms with Gasteiger partial charge in [-0.05, 0) is 60.1 Å². The van der Waals surface area contributed by atoms with E-state index in [0.717, 1.165) is 18.6 Å². The molecule has 0 aromatic heterocycles. The molecule has 2 aliphatic rings. The van der Waals surface area contributed by atoms with Gasteiger partial charge in [0.25, 0.3) is 11.5 Å². The first kappa shape index (κ1) is 25.7. The molecule has 0 aliphatic carbocycles. The summed E-state index contributed by atoms with van der Waals surface area (Å²) in [4.78, 5) is 17.5. The number of amides is 1. The van der Waals surface area contributed by atoms with Gasteiger partial charge in [-0.1, -0.05) is 34.4 Å². The summed E-state index contributed by atoms with van der Waals surface area (Å²) < 4.78 is 42.4. The highest BCUT2D eigenvalue weighted by Gasteiger charge is 2.62. The van der Waals surface area contributed by atoms with Crippen LogP contribution in [0, 0.1) is 6.92 Å². The van der Waals surface area contributed by atoms with Gasteiger partial charge in [0.15, 0.2) is 0 Å². The number of halogens is 5. The van der Waals surface area contributed by atoms with Crippen molar-refractivity contribution >= 4 is 46.6 Å². The predicted octanol–water partition coefficient (Wildman–Crippen LogP) is 4.42. The van der Waals surface area contributed by atoms with Crippen molar-refractivity contribution in [1.82, 2.24) is 5.32 Å². The molecule has 4 rings (SSSR count). The van der Waals surface area contributed by atoms with E-state index in [0.29, 0.717) is 16.7 Å². The van der Waals surface area contributed by atoms with Crippen LogP contribution < -0.4 is 5.32 Å². The molecule has 2 aromatic carbocycles. The zero-order valence-corrected chi connectivity index (χ0v) is 20.1. The molecule has 33 heavy (non-hydrogen) atoms. The van der Waals surface area contributed by atoms with Crippen LogP contribution in [0.15, 0.2) is 41.6 Å². The Labute approximate surface area is 203 Å². The number of hydrogen-bond acceptors (Lipinski definition) is 4. The van der Waals surface area contributed by atoms with Gasteiger partial charge < -0.3 is 15.3 Å². The van der Waals surface area contributed by atoms with Crippen LogP contribution in [0.2, 0.25) is 10.0 Å². The number of rotatable bonds is 4. The maximum absolute atomic E-state index is 14.1. The lowest BCUT2D eigenvalue weighted by Gasteiger charge is -2.29. The molecule has 0 radical (unpaired) electrons. The summed E-state index contributed by atoms with van der Waals surface area (Å²) in [6, 6.07) is 8.72. The molecule has 1 unspecified atom stereocenters. The van der Waals surface area contributed by atoms with E-state index in [1.165, 1.54) is 30.0 Å². The molecule has 1 atom stereocenters. The Hall–Kier alpha value is -1.94. The number of nitrogens with one attached hydrogen (secondary N) is 1. The molecule has 2 heterocycles. The molecular formula is C22H22Cl2F3N2O3S+. The lowest BCUT2D eigenvalue weighted by Crippen LogP contribution is -2.48. The molecule has 2 aliphatic heterocycles. The smallest absolute Gasteiger partial charge is 0.400 e. The lowest BCUT2D eigenvalue weighted by molar-refractivity contribution is -0.275. The van der Waals surface area contributed by atoms with Gasteiger partial charge in [-0.25, -0.2) is 0 Å². The van der Waals surface area contributed by atoms with E-state index in [1.54, 1.807) is 25.1 Å². The van der Waals surface area contributed by atoms with Crippen LogP contribution in [0.5, 0.6) is 0 Å². The van der Waals surface area contributed by atoms with Crippen molar-refractivity contribution in [1.29, 1.82) is 0 Å². The van der Waals surface area contributed by atoms with Crippen LogP contribution in [0.1, 0.15) is 33.5 Å². The molecule has 1 saturated heterocycles. The number of oxime groups is 1. The summed E-state index contributed by atoms with van der Waals surface area (Å²) in [6.45, 7) is 1.74. The van der Waals surface area contributed by atoms with Crippen molar-refractivity contribution in [2.24, 2.45) is 5.16 Å². The van der Waals surface area contributed by atoms with Crippen LogP contribution in [-0.4, -0.2) is 47.6 Å². The van der Waals surface area contributed by atoms with Crippen molar-refractivity contribution in [3.63, 3.8) is 0 Å². The Morgan fingerprint density at radius 1 is 1.18 bits per heavy atom. The fraction of sp³-hybridized carbons (Fsp3) is 0.364. The zero-order valence-electron chi connectivity index (χ0n) is 17.7. The van der Waals surface area contributed by atoms with Gasteiger partial charge in [-0.3, -0.25) is 4.79 Å². The molecule has 0 spiro atoms. The van der Waals surface area contributed by atoms with Gasteiger partial charge >= 0.3 is 6.18 Å². The zero-order chi connectivity index (χ0) is 24.4. The number of carbonyl (C=O) groups is 1. The van der Waals surface area contributed by atoms with Gasteiger partial charge in [-0.2, -0.15) is 13.2 Å². The van der Waals surface area contributed by atoms with Crippen molar-refractivity contribution < 1.29 is 27.9 Å². The molecule has 2 N–H and O–H groups in total. The number of aryl methyl sites for hydroxylation is 1. The highest BCUT2D eigenvalue weighted by molar-refractivity contribution is 7.80. The molecule has 0 saturated carbocycles. The van der Waals surface area contributed by atoms with E-state index in [4.69, 9.17) is 33.1 Å². The van der Waals surface area contributed by atoms with E-state index in [1.807, 2.05) is 0 Å². The van der Waals surface area contributed by atoms with Gasteiger partial charge in [0, 0.05) is 34.7 Å². The third kappa shape index (κ3) is 5.26.